The summed E-state index contributed by atoms with van der Waals surface area (Å²) in [4.78, 5) is 69.3. The molecule has 0 aromatic heterocycles. The molecule has 0 aliphatic carbocycles. The van der Waals surface area contributed by atoms with E-state index in [1.165, 1.54) is 6.92 Å². The van der Waals surface area contributed by atoms with Crippen LogP contribution in [-0.2, 0) is 28.8 Å². The van der Waals surface area contributed by atoms with Gasteiger partial charge in [0.25, 0.3) is 5.91 Å². The molecule has 1 aliphatic heterocycles. The third-order valence-electron chi connectivity index (χ3n) is 2.71. The number of rotatable bonds is 5. The molecule has 1 aliphatic rings. The number of nitrogens with zero attached hydrogens (tertiary/aromatic N) is 1. The lowest BCUT2D eigenvalue weighted by molar-refractivity contribution is -0.146. The molecule has 0 saturated carbocycles. The molecule has 1 heterocycles. The second-order valence-electron chi connectivity index (χ2n) is 4.65. The van der Waals surface area contributed by atoms with Gasteiger partial charge in [0.15, 0.2) is 5.12 Å². The zero-order valence-corrected chi connectivity index (χ0v) is 13.8. The van der Waals surface area contributed by atoms with Gasteiger partial charge < -0.3 is 10.6 Å². The highest BCUT2D eigenvalue weighted by Gasteiger charge is 2.43. The molecule has 0 spiro atoms. The van der Waals surface area contributed by atoms with Crippen LogP contribution in [-0.4, -0.2) is 64.8 Å². The molecule has 1 fully saturated rings. The normalized spacial score (nSPS) is 16.4. The first kappa shape index (κ1) is 19.5. The van der Waals surface area contributed by atoms with Gasteiger partial charge in [0.2, 0.25) is 17.6 Å². The largest absolute Gasteiger partial charge is 0.347 e. The maximum absolute atomic E-state index is 11.9. The number of imide groups is 3. The van der Waals surface area contributed by atoms with E-state index < -0.39 is 41.2 Å². The summed E-state index contributed by atoms with van der Waals surface area (Å²) in [6, 6.07) is 0. The fraction of sp³-hybridized carbons (Fsp3) is 0.429. The highest BCUT2D eigenvalue weighted by atomic mass is 32.2. The minimum Gasteiger partial charge on any atom is -0.347 e. The fourth-order valence-corrected chi connectivity index (χ4v) is 2.57. The molecule has 24 heavy (non-hydrogen) atoms. The summed E-state index contributed by atoms with van der Waals surface area (Å²) in [5, 5.41) is 3.55. The molecule has 10 heteroatoms. The standard InChI is InChI=1S/C14H15N3O6S/c1-8(18)24-10-5-13(22)17(14(10)23)12(21)4-3-9(19)6-16-11(20)7-15-2/h10,15H,5-7H2,1-2H3,(H,16,20)/t10-/m0/s1. The predicted octanol–water partition coefficient (Wildman–Crippen LogP) is -2.17. The van der Waals surface area contributed by atoms with Crippen molar-refractivity contribution in [1.82, 2.24) is 15.5 Å². The monoisotopic (exact) mass is 353 g/mol. The van der Waals surface area contributed by atoms with E-state index in [2.05, 4.69) is 10.6 Å². The molecule has 0 bridgehead atoms. The summed E-state index contributed by atoms with van der Waals surface area (Å²) in [5.41, 5.74) is 0. The molecule has 9 nitrogen and oxygen atoms in total. The Bertz CT molecular complexity index is 663. The topological polar surface area (TPSA) is 130 Å². The Hall–Kier alpha value is -2.51. The van der Waals surface area contributed by atoms with Crippen LogP contribution in [0.25, 0.3) is 0 Å². The number of likely N-dealkylation sites (N-methyl/N-ethyl adjacent to an activating group) is 1. The van der Waals surface area contributed by atoms with Gasteiger partial charge in [0.05, 0.1) is 13.1 Å². The summed E-state index contributed by atoms with van der Waals surface area (Å²) in [7, 11) is 1.56. The van der Waals surface area contributed by atoms with Crippen molar-refractivity contribution >= 4 is 46.3 Å². The fourth-order valence-electron chi connectivity index (χ4n) is 1.74. The Labute approximate surface area is 141 Å². The minimum atomic E-state index is -1.13. The SMILES string of the molecule is CNCC(=O)NCC(=O)C#CC(=O)N1C(=O)C[C@H](SC(C)=O)C1=O. The lowest BCUT2D eigenvalue weighted by atomic mass is 10.3. The van der Waals surface area contributed by atoms with Crippen molar-refractivity contribution in [3.63, 3.8) is 0 Å². The first-order valence-corrected chi connectivity index (χ1v) is 7.68. The average molecular weight is 353 g/mol. The molecular weight excluding hydrogens is 338 g/mol. The first-order chi connectivity index (χ1) is 11.3. The molecule has 0 unspecified atom stereocenters. The lowest BCUT2D eigenvalue weighted by Crippen LogP contribution is -2.37. The number of Topliss-reactive ketones (excluding diaryl/α,β-unsaturated/α-hetero) is 1. The van der Waals surface area contributed by atoms with Crippen LogP contribution in [0.1, 0.15) is 13.3 Å². The number of amides is 4. The van der Waals surface area contributed by atoms with Crippen molar-refractivity contribution in [2.45, 2.75) is 18.6 Å². The van der Waals surface area contributed by atoms with Crippen LogP contribution in [0.3, 0.4) is 0 Å². The van der Waals surface area contributed by atoms with Gasteiger partial charge in [-0.1, -0.05) is 11.8 Å². The highest BCUT2D eigenvalue weighted by Crippen LogP contribution is 2.25. The van der Waals surface area contributed by atoms with Crippen LogP contribution in [0.5, 0.6) is 0 Å². The van der Waals surface area contributed by atoms with E-state index in [1.807, 2.05) is 11.8 Å². The quantitative estimate of drug-likeness (QED) is 0.324. The van der Waals surface area contributed by atoms with Crippen LogP contribution < -0.4 is 10.6 Å². The molecule has 0 radical (unpaired) electrons. The van der Waals surface area contributed by atoms with E-state index in [-0.39, 0.29) is 18.1 Å². The number of hydrogen-bond donors (Lipinski definition) is 2. The first-order valence-electron chi connectivity index (χ1n) is 6.80. The van der Waals surface area contributed by atoms with Crippen molar-refractivity contribution in [3.8, 4) is 11.8 Å². The minimum absolute atomic E-state index is 0.0195. The Balaban J connectivity index is 2.63. The summed E-state index contributed by atoms with van der Waals surface area (Å²) in [5.74, 6) is -0.0403. The summed E-state index contributed by atoms with van der Waals surface area (Å²) in [6.07, 6.45) is -0.273. The maximum Gasteiger partial charge on any atom is 0.312 e. The number of carbonyl (C=O) groups is 6. The maximum atomic E-state index is 11.9. The van der Waals surface area contributed by atoms with Crippen molar-refractivity contribution in [1.29, 1.82) is 0 Å². The van der Waals surface area contributed by atoms with Crippen molar-refractivity contribution in [3.05, 3.63) is 0 Å². The van der Waals surface area contributed by atoms with Crippen LogP contribution in [0.15, 0.2) is 0 Å². The zero-order valence-electron chi connectivity index (χ0n) is 13.0. The molecule has 1 rings (SSSR count). The van der Waals surface area contributed by atoms with Crippen LogP contribution in [0.2, 0.25) is 0 Å². The molecule has 4 amide bonds. The van der Waals surface area contributed by atoms with Gasteiger partial charge in [-0.15, -0.1) is 0 Å². The molecule has 2 N–H and O–H groups in total. The van der Waals surface area contributed by atoms with Gasteiger partial charge in [-0.25, -0.2) is 4.90 Å². The Kier molecular flexibility index (Phi) is 7.29. The molecule has 0 aromatic carbocycles. The van der Waals surface area contributed by atoms with Crippen LogP contribution in [0, 0.1) is 11.8 Å². The summed E-state index contributed by atoms with van der Waals surface area (Å²) in [6.45, 7) is 0.866. The highest BCUT2D eigenvalue weighted by molar-refractivity contribution is 8.14. The number of thioether (sulfide) groups is 1. The van der Waals surface area contributed by atoms with Gasteiger partial charge >= 0.3 is 5.91 Å². The number of ketones is 1. The Morgan fingerprint density at radius 1 is 1.21 bits per heavy atom. The van der Waals surface area contributed by atoms with E-state index in [0.29, 0.717) is 16.7 Å². The number of nitrogens with one attached hydrogen (secondary N) is 2. The predicted molar refractivity (Wildman–Crippen MR) is 83.3 cm³/mol. The van der Waals surface area contributed by atoms with Crippen molar-refractivity contribution in [2.75, 3.05) is 20.1 Å². The number of carbonyl (C=O) groups excluding carboxylic acids is 6. The van der Waals surface area contributed by atoms with Crippen molar-refractivity contribution < 1.29 is 28.8 Å². The molecular formula is C14H15N3O6S. The second-order valence-corrected chi connectivity index (χ2v) is 6.03. The molecule has 128 valence electrons. The van der Waals surface area contributed by atoms with Crippen molar-refractivity contribution in [2.24, 2.45) is 0 Å². The van der Waals surface area contributed by atoms with Gasteiger partial charge in [-0.05, 0) is 13.0 Å². The Morgan fingerprint density at radius 2 is 1.88 bits per heavy atom. The van der Waals surface area contributed by atoms with E-state index >= 15 is 0 Å². The second kappa shape index (κ2) is 8.95. The average Bonchev–Trinajstić information content (AvgIpc) is 2.76. The van der Waals surface area contributed by atoms with Gasteiger partial charge in [0, 0.05) is 19.3 Å². The summed E-state index contributed by atoms with van der Waals surface area (Å²) < 4.78 is 0. The van der Waals surface area contributed by atoms with E-state index in [9.17, 15) is 28.8 Å². The third-order valence-corrected chi connectivity index (χ3v) is 3.69. The van der Waals surface area contributed by atoms with Crippen LogP contribution in [0.4, 0.5) is 0 Å². The molecule has 1 saturated heterocycles. The van der Waals surface area contributed by atoms with Gasteiger partial charge in [-0.2, -0.15) is 0 Å². The van der Waals surface area contributed by atoms with Crippen LogP contribution >= 0.6 is 11.8 Å². The van der Waals surface area contributed by atoms with E-state index in [0.717, 1.165) is 0 Å². The number of likely N-dealkylation sites (tertiary alicyclic amines) is 1. The van der Waals surface area contributed by atoms with E-state index in [4.69, 9.17) is 0 Å². The van der Waals surface area contributed by atoms with Gasteiger partial charge in [-0.3, -0.25) is 28.8 Å². The number of hydrogen-bond acceptors (Lipinski definition) is 8. The molecule has 1 atom stereocenters. The van der Waals surface area contributed by atoms with E-state index in [1.54, 1.807) is 7.05 Å². The van der Waals surface area contributed by atoms with Gasteiger partial charge in [0.1, 0.15) is 5.25 Å². The third kappa shape index (κ3) is 5.60. The summed E-state index contributed by atoms with van der Waals surface area (Å²) >= 11 is 0.664. The smallest absolute Gasteiger partial charge is 0.312 e. The zero-order chi connectivity index (χ0) is 18.3. The lowest BCUT2D eigenvalue weighted by Gasteiger charge is -2.08. The Morgan fingerprint density at radius 3 is 2.46 bits per heavy atom. The molecule has 0 aromatic rings.